The first-order valence-corrected chi connectivity index (χ1v) is 9.13. The van der Waals surface area contributed by atoms with Gasteiger partial charge in [-0.25, -0.2) is 0 Å². The molecule has 0 unspecified atom stereocenters. The third-order valence-electron chi connectivity index (χ3n) is 4.43. The monoisotopic (exact) mass is 372 g/mol. The summed E-state index contributed by atoms with van der Waals surface area (Å²) >= 11 is 0. The quantitative estimate of drug-likeness (QED) is 0.468. The van der Waals surface area contributed by atoms with Crippen LogP contribution in [0, 0.1) is 0 Å². The van der Waals surface area contributed by atoms with Gasteiger partial charge in [0, 0.05) is 50.7 Å². The molecule has 0 N–H and O–H groups in total. The van der Waals surface area contributed by atoms with E-state index in [1.165, 1.54) is 0 Å². The summed E-state index contributed by atoms with van der Waals surface area (Å²) in [4.78, 5) is 17.0. The van der Waals surface area contributed by atoms with Gasteiger partial charge in [-0.15, -0.1) is 0 Å². The molecule has 0 aliphatic carbocycles. The SMILES string of the molecule is C=CC(=Cc1ccc(N(C)C)cc1)C(=O)C(C=C)=Cc1ccc(N(C)C)cc1. The van der Waals surface area contributed by atoms with Gasteiger partial charge in [-0.1, -0.05) is 49.6 Å². The minimum absolute atomic E-state index is 0.0987. The van der Waals surface area contributed by atoms with Crippen molar-refractivity contribution in [1.82, 2.24) is 0 Å². The van der Waals surface area contributed by atoms with Crippen LogP contribution in [-0.2, 0) is 4.79 Å². The van der Waals surface area contributed by atoms with Crippen molar-refractivity contribution in [2.45, 2.75) is 0 Å². The van der Waals surface area contributed by atoms with E-state index in [2.05, 4.69) is 13.2 Å². The van der Waals surface area contributed by atoms with Crippen LogP contribution < -0.4 is 9.80 Å². The van der Waals surface area contributed by atoms with Gasteiger partial charge in [0.25, 0.3) is 0 Å². The molecule has 0 atom stereocenters. The molecule has 0 radical (unpaired) electrons. The number of anilines is 2. The van der Waals surface area contributed by atoms with Crippen molar-refractivity contribution in [3.8, 4) is 0 Å². The van der Waals surface area contributed by atoms with Crippen LogP contribution in [-0.4, -0.2) is 34.0 Å². The molecule has 144 valence electrons. The third kappa shape index (κ3) is 5.34. The zero-order chi connectivity index (χ0) is 20.7. The number of Topliss-reactive ketones (excluding diaryl/α,β-unsaturated/α-hetero) is 1. The van der Waals surface area contributed by atoms with Gasteiger partial charge in [-0.05, 0) is 47.5 Å². The van der Waals surface area contributed by atoms with Gasteiger partial charge < -0.3 is 9.80 Å². The van der Waals surface area contributed by atoms with Gasteiger partial charge in [-0.2, -0.15) is 0 Å². The Morgan fingerprint density at radius 3 is 1.25 bits per heavy atom. The fourth-order valence-corrected chi connectivity index (χ4v) is 2.70. The van der Waals surface area contributed by atoms with E-state index in [1.54, 1.807) is 12.2 Å². The molecule has 0 amide bonds. The Hall–Kier alpha value is -3.33. The van der Waals surface area contributed by atoms with Crippen molar-refractivity contribution < 1.29 is 4.79 Å². The maximum atomic E-state index is 13.0. The predicted octanol–water partition coefficient (Wildman–Crippen LogP) is 5.23. The number of carbonyl (C=O) groups is 1. The number of allylic oxidation sites excluding steroid dienone is 4. The smallest absolute Gasteiger partial charge is 0.193 e. The third-order valence-corrected chi connectivity index (χ3v) is 4.43. The molecule has 0 aromatic heterocycles. The summed E-state index contributed by atoms with van der Waals surface area (Å²) < 4.78 is 0. The van der Waals surface area contributed by atoms with Crippen molar-refractivity contribution >= 4 is 29.3 Å². The predicted molar refractivity (Wildman–Crippen MR) is 123 cm³/mol. The Balaban J connectivity index is 2.30. The van der Waals surface area contributed by atoms with Gasteiger partial charge in [0.15, 0.2) is 5.78 Å². The molecule has 0 bridgehead atoms. The lowest BCUT2D eigenvalue weighted by Gasteiger charge is -2.12. The first-order valence-electron chi connectivity index (χ1n) is 9.13. The molecule has 0 fully saturated rings. The van der Waals surface area contributed by atoms with Crippen LogP contribution in [0.5, 0.6) is 0 Å². The second-order valence-corrected chi connectivity index (χ2v) is 6.91. The van der Waals surface area contributed by atoms with E-state index in [9.17, 15) is 4.79 Å². The van der Waals surface area contributed by atoms with E-state index in [0.717, 1.165) is 22.5 Å². The molecule has 0 heterocycles. The van der Waals surface area contributed by atoms with Crippen LogP contribution in [0.4, 0.5) is 11.4 Å². The fraction of sp³-hybridized carbons (Fsp3) is 0.160. The summed E-state index contributed by atoms with van der Waals surface area (Å²) in [6.45, 7) is 7.63. The summed E-state index contributed by atoms with van der Waals surface area (Å²) in [6, 6.07) is 16.0. The molecule has 2 aromatic rings. The second-order valence-electron chi connectivity index (χ2n) is 6.91. The Morgan fingerprint density at radius 1 is 0.679 bits per heavy atom. The summed E-state index contributed by atoms with van der Waals surface area (Å²) in [5, 5.41) is 0. The average Bonchev–Trinajstić information content (AvgIpc) is 2.70. The number of nitrogens with zero attached hydrogens (tertiary/aromatic N) is 2. The molecule has 0 spiro atoms. The molecule has 0 saturated heterocycles. The van der Waals surface area contributed by atoms with E-state index >= 15 is 0 Å². The molecule has 2 aromatic carbocycles. The van der Waals surface area contributed by atoms with E-state index in [0.29, 0.717) is 11.1 Å². The zero-order valence-corrected chi connectivity index (χ0v) is 17.1. The maximum absolute atomic E-state index is 13.0. The Morgan fingerprint density at radius 2 is 1.00 bits per heavy atom. The standard InChI is InChI=1S/C25H28N2O/c1-7-21(17-19-9-13-23(14-10-19)26(3)4)25(28)22(8-2)18-20-11-15-24(16-12-20)27(5)6/h7-18H,1-2H2,3-6H3. The highest BCUT2D eigenvalue weighted by Crippen LogP contribution is 2.20. The van der Waals surface area contributed by atoms with Crippen molar-refractivity contribution in [3.05, 3.63) is 96.1 Å². The van der Waals surface area contributed by atoms with Crippen LogP contribution >= 0.6 is 0 Å². The molecule has 0 aliphatic heterocycles. The summed E-state index contributed by atoms with van der Waals surface area (Å²) in [7, 11) is 7.98. The minimum Gasteiger partial charge on any atom is -0.378 e. The zero-order valence-electron chi connectivity index (χ0n) is 17.1. The van der Waals surface area contributed by atoms with Gasteiger partial charge in [0.1, 0.15) is 0 Å². The van der Waals surface area contributed by atoms with E-state index in [1.807, 2.05) is 98.7 Å². The Labute approximate surface area is 168 Å². The van der Waals surface area contributed by atoms with Crippen molar-refractivity contribution in [2.75, 3.05) is 38.0 Å². The Bertz CT molecular complexity index is 823. The van der Waals surface area contributed by atoms with Crippen molar-refractivity contribution in [3.63, 3.8) is 0 Å². The van der Waals surface area contributed by atoms with Gasteiger partial charge in [0.2, 0.25) is 0 Å². The van der Waals surface area contributed by atoms with Crippen LogP contribution in [0.1, 0.15) is 11.1 Å². The number of benzene rings is 2. The average molecular weight is 373 g/mol. The van der Waals surface area contributed by atoms with Crippen molar-refractivity contribution in [1.29, 1.82) is 0 Å². The fourth-order valence-electron chi connectivity index (χ4n) is 2.70. The molecule has 0 aliphatic rings. The Kier molecular flexibility index (Phi) is 7.16. The molecular formula is C25H28N2O. The van der Waals surface area contributed by atoms with Crippen LogP contribution in [0.3, 0.4) is 0 Å². The lowest BCUT2D eigenvalue weighted by atomic mass is 9.99. The van der Waals surface area contributed by atoms with Gasteiger partial charge in [-0.3, -0.25) is 4.79 Å². The summed E-state index contributed by atoms with van der Waals surface area (Å²) in [5.41, 5.74) is 5.19. The molecular weight excluding hydrogens is 344 g/mol. The second kappa shape index (κ2) is 9.56. The summed E-state index contributed by atoms with van der Waals surface area (Å²) in [6.07, 6.45) is 6.88. The molecule has 28 heavy (non-hydrogen) atoms. The molecule has 3 heteroatoms. The van der Waals surface area contributed by atoms with Crippen LogP contribution in [0.2, 0.25) is 0 Å². The number of rotatable bonds is 8. The molecule has 2 rings (SSSR count). The lowest BCUT2D eigenvalue weighted by molar-refractivity contribution is -0.111. The first-order chi connectivity index (χ1) is 13.3. The number of carbonyl (C=O) groups excluding carboxylic acids is 1. The molecule has 0 saturated carbocycles. The number of hydrogen-bond donors (Lipinski definition) is 0. The van der Waals surface area contributed by atoms with E-state index < -0.39 is 0 Å². The highest BCUT2D eigenvalue weighted by atomic mass is 16.1. The minimum atomic E-state index is -0.0987. The van der Waals surface area contributed by atoms with Gasteiger partial charge in [0.05, 0.1) is 0 Å². The van der Waals surface area contributed by atoms with Crippen LogP contribution in [0.25, 0.3) is 12.2 Å². The number of ketones is 1. The largest absolute Gasteiger partial charge is 0.378 e. The summed E-state index contributed by atoms with van der Waals surface area (Å²) in [5.74, 6) is -0.0987. The van der Waals surface area contributed by atoms with Crippen molar-refractivity contribution in [2.24, 2.45) is 0 Å². The van der Waals surface area contributed by atoms with E-state index in [-0.39, 0.29) is 5.78 Å². The highest BCUT2D eigenvalue weighted by Gasteiger charge is 2.11. The normalized spacial score (nSPS) is 11.7. The van der Waals surface area contributed by atoms with Crippen LogP contribution in [0.15, 0.2) is 85.0 Å². The number of hydrogen-bond acceptors (Lipinski definition) is 3. The topological polar surface area (TPSA) is 23.6 Å². The highest BCUT2D eigenvalue weighted by molar-refractivity contribution is 6.16. The lowest BCUT2D eigenvalue weighted by Crippen LogP contribution is -2.08. The molecule has 3 nitrogen and oxygen atoms in total. The first kappa shape index (κ1) is 21.0. The van der Waals surface area contributed by atoms with Gasteiger partial charge >= 0.3 is 0 Å². The maximum Gasteiger partial charge on any atom is 0.193 e. The van der Waals surface area contributed by atoms with E-state index in [4.69, 9.17) is 0 Å².